The second-order valence-corrected chi connectivity index (χ2v) is 5.81. The monoisotopic (exact) mass is 334 g/mol. The fourth-order valence-corrected chi connectivity index (χ4v) is 2.52. The molecule has 25 heavy (non-hydrogen) atoms. The third kappa shape index (κ3) is 3.80. The van der Waals surface area contributed by atoms with Gasteiger partial charge in [0.15, 0.2) is 0 Å². The van der Waals surface area contributed by atoms with Crippen LogP contribution in [-0.4, -0.2) is 20.4 Å². The highest BCUT2D eigenvalue weighted by Gasteiger charge is 2.14. The van der Waals surface area contributed by atoms with E-state index in [9.17, 15) is 9.59 Å². The molecule has 0 aliphatic rings. The van der Waals surface area contributed by atoms with E-state index in [1.165, 1.54) is 23.0 Å². The fourth-order valence-electron chi connectivity index (χ4n) is 2.52. The SMILES string of the molecule is Cc1ccc(C)c(Cn2cccc(C(=O)Nc3ncccn3)c2=O)c1. The lowest BCUT2D eigenvalue weighted by Gasteiger charge is -2.11. The van der Waals surface area contributed by atoms with Crippen molar-refractivity contribution in [3.63, 3.8) is 0 Å². The topological polar surface area (TPSA) is 76.9 Å². The third-order valence-electron chi connectivity index (χ3n) is 3.90. The van der Waals surface area contributed by atoms with E-state index >= 15 is 0 Å². The summed E-state index contributed by atoms with van der Waals surface area (Å²) < 4.78 is 1.53. The molecule has 0 atom stereocenters. The zero-order valence-electron chi connectivity index (χ0n) is 14.1. The summed E-state index contributed by atoms with van der Waals surface area (Å²) in [4.78, 5) is 32.9. The number of carbonyl (C=O) groups is 1. The van der Waals surface area contributed by atoms with Gasteiger partial charge in [0, 0.05) is 18.6 Å². The number of hydrogen-bond acceptors (Lipinski definition) is 4. The van der Waals surface area contributed by atoms with E-state index < -0.39 is 5.91 Å². The van der Waals surface area contributed by atoms with Gasteiger partial charge in [-0.3, -0.25) is 14.9 Å². The Balaban J connectivity index is 1.88. The zero-order valence-corrected chi connectivity index (χ0v) is 14.1. The average molecular weight is 334 g/mol. The number of carbonyl (C=O) groups excluding carboxylic acids is 1. The lowest BCUT2D eigenvalue weighted by molar-refractivity contribution is 0.102. The van der Waals surface area contributed by atoms with Crippen molar-refractivity contribution < 1.29 is 4.79 Å². The second kappa shape index (κ2) is 7.09. The van der Waals surface area contributed by atoms with Crippen LogP contribution in [0.1, 0.15) is 27.0 Å². The van der Waals surface area contributed by atoms with Gasteiger partial charge in [-0.1, -0.05) is 23.8 Å². The van der Waals surface area contributed by atoms with Gasteiger partial charge in [-0.05, 0) is 43.2 Å². The quantitative estimate of drug-likeness (QED) is 0.795. The standard InChI is InChI=1S/C19H18N4O2/c1-13-6-7-14(2)15(11-13)12-23-10-3-5-16(18(23)25)17(24)22-19-20-8-4-9-21-19/h3-11H,12H2,1-2H3,(H,20,21,22,24). The number of rotatable bonds is 4. The van der Waals surface area contributed by atoms with Gasteiger partial charge in [-0.25, -0.2) is 9.97 Å². The first-order valence-corrected chi connectivity index (χ1v) is 7.88. The number of aryl methyl sites for hydroxylation is 2. The van der Waals surface area contributed by atoms with Crippen molar-refractivity contribution in [3.8, 4) is 0 Å². The molecule has 3 aromatic rings. The van der Waals surface area contributed by atoms with Crippen LogP contribution in [0.3, 0.4) is 0 Å². The Bertz CT molecular complexity index is 965. The summed E-state index contributed by atoms with van der Waals surface area (Å²) in [7, 11) is 0. The molecule has 0 radical (unpaired) electrons. The number of nitrogens with one attached hydrogen (secondary N) is 1. The lowest BCUT2D eigenvalue weighted by Crippen LogP contribution is -2.29. The van der Waals surface area contributed by atoms with E-state index in [0.29, 0.717) is 6.54 Å². The molecule has 0 fully saturated rings. The van der Waals surface area contributed by atoms with Gasteiger partial charge in [0.25, 0.3) is 11.5 Å². The smallest absolute Gasteiger partial charge is 0.263 e. The molecule has 0 saturated carbocycles. The van der Waals surface area contributed by atoms with Gasteiger partial charge in [-0.2, -0.15) is 0 Å². The molecule has 3 rings (SSSR count). The lowest BCUT2D eigenvalue weighted by atomic mass is 10.1. The van der Waals surface area contributed by atoms with Gasteiger partial charge in [0.2, 0.25) is 5.95 Å². The van der Waals surface area contributed by atoms with Gasteiger partial charge in [0.1, 0.15) is 5.56 Å². The molecule has 2 heterocycles. The molecule has 0 saturated heterocycles. The summed E-state index contributed by atoms with van der Waals surface area (Å²) in [5, 5.41) is 2.54. The van der Waals surface area contributed by atoms with Crippen LogP contribution in [0.15, 0.2) is 59.8 Å². The maximum atomic E-state index is 12.7. The molecule has 0 spiro atoms. The summed E-state index contributed by atoms with van der Waals surface area (Å²) in [6.07, 6.45) is 4.72. The van der Waals surface area contributed by atoms with Gasteiger partial charge < -0.3 is 4.57 Å². The molecule has 1 amide bonds. The number of benzene rings is 1. The number of amides is 1. The molecule has 6 nitrogen and oxygen atoms in total. The molecular formula is C19H18N4O2. The normalized spacial score (nSPS) is 10.5. The Hall–Kier alpha value is -3.28. The molecule has 1 aromatic carbocycles. The first kappa shape index (κ1) is 16.6. The number of nitrogens with zero attached hydrogens (tertiary/aromatic N) is 3. The Morgan fingerprint density at radius 2 is 1.88 bits per heavy atom. The summed E-state index contributed by atoms with van der Waals surface area (Å²) in [5.74, 6) is -0.358. The molecule has 6 heteroatoms. The fraction of sp³-hybridized carbons (Fsp3) is 0.158. The van der Waals surface area contributed by atoms with Crippen molar-refractivity contribution in [2.45, 2.75) is 20.4 Å². The van der Waals surface area contributed by atoms with Crippen LogP contribution in [0.2, 0.25) is 0 Å². The molecule has 0 aliphatic carbocycles. The van der Waals surface area contributed by atoms with Gasteiger partial charge in [-0.15, -0.1) is 0 Å². The van der Waals surface area contributed by atoms with E-state index in [0.717, 1.165) is 16.7 Å². The number of anilines is 1. The first-order valence-electron chi connectivity index (χ1n) is 7.88. The maximum Gasteiger partial charge on any atom is 0.263 e. The number of aromatic nitrogens is 3. The number of hydrogen-bond donors (Lipinski definition) is 1. The van der Waals surface area contributed by atoms with Gasteiger partial charge >= 0.3 is 0 Å². The van der Waals surface area contributed by atoms with Crippen molar-refractivity contribution >= 4 is 11.9 Å². The van der Waals surface area contributed by atoms with Crippen molar-refractivity contribution in [2.24, 2.45) is 0 Å². The third-order valence-corrected chi connectivity index (χ3v) is 3.90. The largest absolute Gasteiger partial charge is 0.310 e. The highest BCUT2D eigenvalue weighted by molar-refractivity contribution is 6.02. The van der Waals surface area contributed by atoms with E-state index in [4.69, 9.17) is 0 Å². The van der Waals surface area contributed by atoms with E-state index in [2.05, 4.69) is 15.3 Å². The van der Waals surface area contributed by atoms with E-state index in [1.54, 1.807) is 18.3 Å². The predicted octanol–water partition coefficient (Wildman–Crippen LogP) is 2.56. The molecule has 2 aromatic heterocycles. The minimum absolute atomic E-state index is 0.0558. The summed E-state index contributed by atoms with van der Waals surface area (Å²) >= 11 is 0. The Kier molecular flexibility index (Phi) is 4.70. The highest BCUT2D eigenvalue weighted by atomic mass is 16.2. The zero-order chi connectivity index (χ0) is 17.8. The van der Waals surface area contributed by atoms with Crippen LogP contribution >= 0.6 is 0 Å². The minimum Gasteiger partial charge on any atom is -0.310 e. The van der Waals surface area contributed by atoms with Crippen molar-refractivity contribution in [2.75, 3.05) is 5.32 Å². The first-order chi connectivity index (χ1) is 12.0. The average Bonchev–Trinajstić information content (AvgIpc) is 2.60. The molecule has 0 bridgehead atoms. The molecule has 126 valence electrons. The summed E-state index contributed by atoms with van der Waals surface area (Å²) in [6.45, 7) is 4.42. The van der Waals surface area contributed by atoms with Crippen molar-refractivity contribution in [1.82, 2.24) is 14.5 Å². The minimum atomic E-state index is -0.522. The predicted molar refractivity (Wildman–Crippen MR) is 95.7 cm³/mol. The van der Waals surface area contributed by atoms with Crippen LogP contribution in [0, 0.1) is 13.8 Å². The Labute approximate surface area is 145 Å². The maximum absolute atomic E-state index is 12.7. The number of pyridine rings is 1. The van der Waals surface area contributed by atoms with Crippen molar-refractivity contribution in [1.29, 1.82) is 0 Å². The molecule has 1 N–H and O–H groups in total. The van der Waals surface area contributed by atoms with E-state index in [-0.39, 0.29) is 17.1 Å². The van der Waals surface area contributed by atoms with Crippen LogP contribution in [-0.2, 0) is 6.54 Å². The van der Waals surface area contributed by atoms with Crippen LogP contribution in [0.5, 0.6) is 0 Å². The van der Waals surface area contributed by atoms with Crippen LogP contribution < -0.4 is 10.9 Å². The van der Waals surface area contributed by atoms with Crippen LogP contribution in [0.4, 0.5) is 5.95 Å². The highest BCUT2D eigenvalue weighted by Crippen LogP contribution is 2.12. The molecule has 0 aliphatic heterocycles. The summed E-state index contributed by atoms with van der Waals surface area (Å²) in [6, 6.07) is 10.9. The van der Waals surface area contributed by atoms with E-state index in [1.807, 2.05) is 32.0 Å². The van der Waals surface area contributed by atoms with Gasteiger partial charge in [0.05, 0.1) is 6.54 Å². The molecular weight excluding hydrogens is 316 g/mol. The summed E-state index contributed by atoms with van der Waals surface area (Å²) in [5.41, 5.74) is 2.98. The van der Waals surface area contributed by atoms with Crippen molar-refractivity contribution in [3.05, 3.63) is 87.6 Å². The van der Waals surface area contributed by atoms with Crippen LogP contribution in [0.25, 0.3) is 0 Å². The Morgan fingerprint density at radius 1 is 1.12 bits per heavy atom. The molecule has 0 unspecified atom stereocenters. The second-order valence-electron chi connectivity index (χ2n) is 5.81. The Morgan fingerprint density at radius 3 is 2.64 bits per heavy atom.